The van der Waals surface area contributed by atoms with Crippen LogP contribution in [0, 0.1) is 0 Å². The Morgan fingerprint density at radius 3 is 2.67 bits per heavy atom. The summed E-state index contributed by atoms with van der Waals surface area (Å²) in [4.78, 5) is 36.3. The van der Waals surface area contributed by atoms with E-state index in [1.807, 2.05) is 0 Å². The number of aromatic nitrogens is 7. The highest BCUT2D eigenvalue weighted by Gasteiger charge is 2.31. The zero-order valence-corrected chi connectivity index (χ0v) is 19.8. The molecule has 1 aliphatic heterocycles. The monoisotopic (exact) mass is 532 g/mol. The molecule has 36 heavy (non-hydrogen) atoms. The van der Waals surface area contributed by atoms with E-state index in [9.17, 15) is 9.59 Å². The van der Waals surface area contributed by atoms with Gasteiger partial charge in [0.1, 0.15) is 11.9 Å². The lowest BCUT2D eigenvalue weighted by molar-refractivity contribution is 0.0774. The molecule has 1 saturated heterocycles. The number of nitrogens with zero attached hydrogens (tertiary/aromatic N) is 8. The lowest BCUT2D eigenvalue weighted by Gasteiger charge is -2.34. The molecule has 1 aliphatic rings. The van der Waals surface area contributed by atoms with Crippen LogP contribution in [-0.4, -0.2) is 72.6 Å². The topological polar surface area (TPSA) is 183 Å². The summed E-state index contributed by atoms with van der Waals surface area (Å²) in [6, 6.07) is 1.51. The average molecular weight is 533 g/mol. The molecule has 186 valence electrons. The van der Waals surface area contributed by atoms with Crippen LogP contribution >= 0.6 is 23.2 Å². The Kier molecular flexibility index (Phi) is 6.51. The van der Waals surface area contributed by atoms with Gasteiger partial charge < -0.3 is 21.1 Å². The van der Waals surface area contributed by atoms with Gasteiger partial charge in [0.15, 0.2) is 22.4 Å². The second-order valence-corrected chi connectivity index (χ2v) is 8.21. The summed E-state index contributed by atoms with van der Waals surface area (Å²) in [7, 11) is 0. The van der Waals surface area contributed by atoms with Gasteiger partial charge in [-0.3, -0.25) is 10.2 Å². The van der Waals surface area contributed by atoms with Crippen LogP contribution in [0.25, 0.3) is 11.5 Å². The van der Waals surface area contributed by atoms with E-state index in [0.29, 0.717) is 30.3 Å². The molecule has 4 amide bonds. The molecule has 1 atom stereocenters. The van der Waals surface area contributed by atoms with Crippen molar-refractivity contribution < 1.29 is 14.3 Å². The fourth-order valence-electron chi connectivity index (χ4n) is 3.59. The van der Waals surface area contributed by atoms with Gasteiger partial charge in [-0.25, -0.2) is 19.6 Å². The minimum absolute atomic E-state index is 0.127. The highest BCUT2D eigenvalue weighted by atomic mass is 35.5. The zero-order chi connectivity index (χ0) is 25.2. The summed E-state index contributed by atoms with van der Waals surface area (Å²) in [5.74, 6) is 0.424. The predicted octanol–water partition coefficient (Wildman–Crippen LogP) is 1.49. The number of carbonyl (C=O) groups excluding carboxylic acids is 2. The molecule has 4 aromatic rings. The first-order valence-electron chi connectivity index (χ1n) is 10.4. The number of pyridine rings is 1. The molecule has 15 nitrogen and oxygen atoms in total. The fraction of sp³-hybridized carbons (Fsp3) is 0.211. The van der Waals surface area contributed by atoms with Crippen LogP contribution in [-0.2, 0) is 4.74 Å². The number of halogens is 2. The third-order valence-electron chi connectivity index (χ3n) is 5.04. The number of morpholine rings is 1. The lowest BCUT2D eigenvalue weighted by atomic mass is 10.3. The quantitative estimate of drug-likeness (QED) is 0.295. The number of fused-ring (bicyclic) bond motifs is 1. The highest BCUT2D eigenvalue weighted by molar-refractivity contribution is 6.32. The van der Waals surface area contributed by atoms with Gasteiger partial charge in [0.2, 0.25) is 0 Å². The average Bonchev–Trinajstić information content (AvgIpc) is 3.50. The molecule has 1 fully saturated rings. The third-order valence-corrected chi connectivity index (χ3v) is 5.51. The van der Waals surface area contributed by atoms with E-state index in [4.69, 9.17) is 33.7 Å². The summed E-state index contributed by atoms with van der Waals surface area (Å²) in [6.45, 7) is 1.13. The van der Waals surface area contributed by atoms with Crippen molar-refractivity contribution in [2.24, 2.45) is 5.73 Å². The number of nitrogens with one attached hydrogen (secondary N) is 3. The van der Waals surface area contributed by atoms with Crippen molar-refractivity contribution in [2.45, 2.75) is 6.17 Å². The van der Waals surface area contributed by atoms with Gasteiger partial charge in [0.25, 0.3) is 0 Å². The van der Waals surface area contributed by atoms with Gasteiger partial charge in [-0.05, 0) is 6.07 Å². The van der Waals surface area contributed by atoms with Crippen molar-refractivity contribution in [2.75, 3.05) is 35.3 Å². The fourth-order valence-corrected chi connectivity index (χ4v) is 4.01. The molecular formula is C19H18Cl2N12O3. The number of nitrogens with two attached hydrogens (primary N) is 1. The Bertz CT molecular complexity index is 1420. The molecule has 0 radical (unpaired) electrons. The van der Waals surface area contributed by atoms with Crippen LogP contribution < -0.4 is 26.6 Å². The van der Waals surface area contributed by atoms with Crippen molar-refractivity contribution >= 4 is 58.1 Å². The maximum Gasteiger partial charge on any atom is 0.323 e. The molecule has 17 heteroatoms. The first-order chi connectivity index (χ1) is 17.4. The maximum absolute atomic E-state index is 12.9. The SMILES string of the molecule is NC(=O)N(c1c(NC(=O)Nc2cnc(-n3nccn3)c(Cl)c2)cnc2cc(Cl)nn12)C1COCCN1. The van der Waals surface area contributed by atoms with E-state index in [-0.39, 0.29) is 28.3 Å². The van der Waals surface area contributed by atoms with Gasteiger partial charge in [-0.1, -0.05) is 23.2 Å². The third kappa shape index (κ3) is 4.72. The second kappa shape index (κ2) is 9.90. The summed E-state index contributed by atoms with van der Waals surface area (Å²) in [5, 5.41) is 20.9. The van der Waals surface area contributed by atoms with Crippen LogP contribution in [0.4, 0.5) is 26.8 Å². The second-order valence-electron chi connectivity index (χ2n) is 7.41. The molecule has 1 unspecified atom stereocenters. The predicted molar refractivity (Wildman–Crippen MR) is 129 cm³/mol. The van der Waals surface area contributed by atoms with Crippen molar-refractivity contribution in [3.05, 3.63) is 47.1 Å². The molecule has 0 aromatic carbocycles. The molecule has 0 bridgehead atoms. The number of hydrogen-bond donors (Lipinski definition) is 4. The summed E-state index contributed by atoms with van der Waals surface area (Å²) >= 11 is 12.4. The van der Waals surface area contributed by atoms with Crippen LogP contribution in [0.1, 0.15) is 0 Å². The van der Waals surface area contributed by atoms with Gasteiger partial charge in [0, 0.05) is 12.6 Å². The molecule has 5 rings (SSSR count). The Morgan fingerprint density at radius 1 is 1.17 bits per heavy atom. The Morgan fingerprint density at radius 2 is 1.97 bits per heavy atom. The molecule has 0 aliphatic carbocycles. The molecule has 0 spiro atoms. The number of carbonyl (C=O) groups is 2. The minimum atomic E-state index is -0.806. The van der Waals surface area contributed by atoms with Crippen LogP contribution in [0.15, 0.2) is 36.9 Å². The number of urea groups is 2. The number of hydrogen-bond acceptors (Lipinski definition) is 9. The van der Waals surface area contributed by atoms with E-state index in [1.165, 1.54) is 51.1 Å². The summed E-state index contributed by atoms with van der Waals surface area (Å²) in [6.07, 6.45) is 5.09. The molecule has 5 heterocycles. The van der Waals surface area contributed by atoms with Gasteiger partial charge in [-0.2, -0.15) is 19.8 Å². The largest absolute Gasteiger partial charge is 0.377 e. The maximum atomic E-state index is 12.9. The highest BCUT2D eigenvalue weighted by Crippen LogP contribution is 2.29. The number of primary amides is 1. The lowest BCUT2D eigenvalue weighted by Crippen LogP contribution is -2.57. The summed E-state index contributed by atoms with van der Waals surface area (Å²) in [5.41, 5.74) is 6.48. The van der Waals surface area contributed by atoms with Crippen LogP contribution in [0.5, 0.6) is 0 Å². The number of ether oxygens (including phenoxy) is 1. The Balaban J connectivity index is 1.45. The zero-order valence-electron chi connectivity index (χ0n) is 18.3. The van der Waals surface area contributed by atoms with Crippen molar-refractivity contribution in [3.63, 3.8) is 0 Å². The van der Waals surface area contributed by atoms with E-state index in [0.717, 1.165) is 0 Å². The number of rotatable bonds is 5. The van der Waals surface area contributed by atoms with Crippen molar-refractivity contribution in [1.82, 2.24) is 39.9 Å². The van der Waals surface area contributed by atoms with Gasteiger partial charge in [0.05, 0.1) is 48.7 Å². The van der Waals surface area contributed by atoms with E-state index < -0.39 is 18.2 Å². The number of anilines is 3. The van der Waals surface area contributed by atoms with Crippen molar-refractivity contribution in [3.8, 4) is 5.82 Å². The Labute approximate surface area is 212 Å². The van der Waals surface area contributed by atoms with Crippen LogP contribution in [0.2, 0.25) is 10.2 Å². The first kappa shape index (κ1) is 23.7. The smallest absolute Gasteiger partial charge is 0.323 e. The molecule has 5 N–H and O–H groups in total. The first-order valence-corrected chi connectivity index (χ1v) is 11.2. The molecule has 0 saturated carbocycles. The van der Waals surface area contributed by atoms with E-state index >= 15 is 0 Å². The summed E-state index contributed by atoms with van der Waals surface area (Å²) < 4.78 is 6.80. The van der Waals surface area contributed by atoms with Crippen molar-refractivity contribution in [1.29, 1.82) is 0 Å². The van der Waals surface area contributed by atoms with Crippen LogP contribution in [0.3, 0.4) is 0 Å². The normalized spacial score (nSPS) is 15.6. The van der Waals surface area contributed by atoms with Gasteiger partial charge >= 0.3 is 12.1 Å². The van der Waals surface area contributed by atoms with E-state index in [1.54, 1.807) is 0 Å². The molecule has 4 aromatic heterocycles. The standard InChI is InChI=1S/C19H18Cl2N12O3/c20-11-5-10(7-25-16(11)33-26-1-2-27-33)28-19(35)29-12-8-24-14-6-13(21)30-32(14)17(12)31(18(22)34)15-9-36-4-3-23-15/h1-2,5-8,15,23H,3-4,9H2,(H2,22,34)(H2,28,29,35). The minimum Gasteiger partial charge on any atom is -0.377 e. The molecular weight excluding hydrogens is 515 g/mol. The van der Waals surface area contributed by atoms with E-state index in [2.05, 4.69) is 41.2 Å². The Hall–Kier alpha value is -4.05. The van der Waals surface area contributed by atoms with Gasteiger partial charge in [-0.15, -0.1) is 4.80 Å². The number of amides is 4.